The molecular formula is C14H16N2O2. The van der Waals surface area contributed by atoms with Gasteiger partial charge in [0.1, 0.15) is 17.2 Å². The summed E-state index contributed by atoms with van der Waals surface area (Å²) in [4.78, 5) is 4.12. The van der Waals surface area contributed by atoms with Gasteiger partial charge >= 0.3 is 0 Å². The first-order valence-electron chi connectivity index (χ1n) is 5.82. The van der Waals surface area contributed by atoms with Crippen molar-refractivity contribution in [2.45, 2.75) is 6.92 Å². The molecule has 1 N–H and O–H groups in total. The zero-order valence-electron chi connectivity index (χ0n) is 10.5. The number of hydrogen-bond acceptors (Lipinski definition) is 4. The van der Waals surface area contributed by atoms with Crippen molar-refractivity contribution in [1.82, 2.24) is 4.98 Å². The Labute approximate surface area is 107 Å². The molecule has 0 aliphatic heterocycles. The third-order valence-corrected chi connectivity index (χ3v) is 2.39. The highest BCUT2D eigenvalue weighted by molar-refractivity contribution is 5.46. The van der Waals surface area contributed by atoms with E-state index in [2.05, 4.69) is 10.3 Å². The third-order valence-electron chi connectivity index (χ3n) is 2.39. The number of pyridine rings is 1. The number of ether oxygens (including phenoxy) is 2. The molecule has 4 heteroatoms. The molecular weight excluding hydrogens is 228 g/mol. The fraction of sp³-hybridized carbons (Fsp3) is 0.214. The highest BCUT2D eigenvalue weighted by Crippen LogP contribution is 2.24. The molecule has 0 saturated heterocycles. The van der Waals surface area contributed by atoms with Crippen molar-refractivity contribution < 1.29 is 9.47 Å². The lowest BCUT2D eigenvalue weighted by atomic mass is 10.3. The maximum atomic E-state index is 5.71. The van der Waals surface area contributed by atoms with Gasteiger partial charge in [-0.15, -0.1) is 0 Å². The van der Waals surface area contributed by atoms with Gasteiger partial charge in [-0.25, -0.2) is 0 Å². The van der Waals surface area contributed by atoms with E-state index in [9.17, 15) is 0 Å². The summed E-state index contributed by atoms with van der Waals surface area (Å²) in [6.07, 6.45) is 3.45. The predicted molar refractivity (Wildman–Crippen MR) is 71.5 cm³/mol. The van der Waals surface area contributed by atoms with Gasteiger partial charge in [-0.05, 0) is 31.2 Å². The van der Waals surface area contributed by atoms with E-state index in [-0.39, 0.29) is 0 Å². The topological polar surface area (TPSA) is 43.4 Å². The fourth-order valence-corrected chi connectivity index (χ4v) is 1.56. The number of hydrogen-bond donors (Lipinski definition) is 1. The SMILES string of the molecule is CCNc1cncc(Oc2ccc(OC)cc2)c1. The number of rotatable bonds is 5. The molecule has 0 unspecified atom stereocenters. The van der Waals surface area contributed by atoms with Crippen LogP contribution in [-0.2, 0) is 0 Å². The van der Waals surface area contributed by atoms with Gasteiger partial charge in [-0.1, -0.05) is 0 Å². The van der Waals surface area contributed by atoms with E-state index in [1.165, 1.54) is 0 Å². The van der Waals surface area contributed by atoms with Crippen LogP contribution in [0.1, 0.15) is 6.92 Å². The Balaban J connectivity index is 2.09. The normalized spacial score (nSPS) is 9.89. The van der Waals surface area contributed by atoms with Crippen LogP contribution in [0.5, 0.6) is 17.2 Å². The molecule has 94 valence electrons. The van der Waals surface area contributed by atoms with Gasteiger partial charge in [-0.3, -0.25) is 4.98 Å². The van der Waals surface area contributed by atoms with Crippen LogP contribution in [0.3, 0.4) is 0 Å². The van der Waals surface area contributed by atoms with Crippen LogP contribution in [0.2, 0.25) is 0 Å². The van der Waals surface area contributed by atoms with E-state index in [0.717, 1.165) is 23.7 Å². The second-order valence-electron chi connectivity index (χ2n) is 3.72. The molecule has 0 atom stereocenters. The van der Waals surface area contributed by atoms with Gasteiger partial charge in [0.25, 0.3) is 0 Å². The Hall–Kier alpha value is -2.23. The highest BCUT2D eigenvalue weighted by Gasteiger charge is 2.00. The molecule has 0 amide bonds. The molecule has 0 saturated carbocycles. The van der Waals surface area contributed by atoms with Gasteiger partial charge < -0.3 is 14.8 Å². The van der Waals surface area contributed by atoms with Crippen molar-refractivity contribution in [3.8, 4) is 17.2 Å². The van der Waals surface area contributed by atoms with Crippen molar-refractivity contribution in [1.29, 1.82) is 0 Å². The average molecular weight is 244 g/mol. The van der Waals surface area contributed by atoms with Crippen LogP contribution in [-0.4, -0.2) is 18.6 Å². The molecule has 0 radical (unpaired) electrons. The summed E-state index contributed by atoms with van der Waals surface area (Å²) >= 11 is 0. The minimum atomic E-state index is 0.707. The molecule has 0 spiro atoms. The Morgan fingerprint density at radius 1 is 1.06 bits per heavy atom. The molecule has 1 aromatic carbocycles. The Kier molecular flexibility index (Phi) is 4.02. The summed E-state index contributed by atoms with van der Waals surface area (Å²) in [6, 6.07) is 9.35. The number of nitrogens with zero attached hydrogens (tertiary/aromatic N) is 1. The monoisotopic (exact) mass is 244 g/mol. The second kappa shape index (κ2) is 5.91. The molecule has 2 rings (SSSR count). The van der Waals surface area contributed by atoms with E-state index in [0.29, 0.717) is 5.75 Å². The van der Waals surface area contributed by atoms with Crippen LogP contribution < -0.4 is 14.8 Å². The van der Waals surface area contributed by atoms with Crippen LogP contribution in [0.15, 0.2) is 42.7 Å². The van der Waals surface area contributed by atoms with Crippen LogP contribution in [0.4, 0.5) is 5.69 Å². The minimum absolute atomic E-state index is 0.707. The molecule has 4 nitrogen and oxygen atoms in total. The average Bonchev–Trinajstić information content (AvgIpc) is 2.40. The molecule has 2 aromatic rings. The van der Waals surface area contributed by atoms with Gasteiger partial charge in [-0.2, -0.15) is 0 Å². The summed E-state index contributed by atoms with van der Waals surface area (Å²) < 4.78 is 10.8. The lowest BCUT2D eigenvalue weighted by Gasteiger charge is -2.08. The Morgan fingerprint density at radius 2 is 1.78 bits per heavy atom. The fourth-order valence-electron chi connectivity index (χ4n) is 1.56. The Bertz CT molecular complexity index is 497. The summed E-state index contributed by atoms with van der Waals surface area (Å²) in [7, 11) is 1.64. The second-order valence-corrected chi connectivity index (χ2v) is 3.72. The summed E-state index contributed by atoms with van der Waals surface area (Å²) in [6.45, 7) is 2.89. The maximum absolute atomic E-state index is 5.71. The van der Waals surface area contributed by atoms with E-state index < -0.39 is 0 Å². The number of benzene rings is 1. The first-order chi connectivity index (χ1) is 8.81. The molecule has 1 aromatic heterocycles. The predicted octanol–water partition coefficient (Wildman–Crippen LogP) is 3.31. The van der Waals surface area contributed by atoms with E-state index in [1.54, 1.807) is 19.5 Å². The largest absolute Gasteiger partial charge is 0.497 e. The number of nitrogens with one attached hydrogen (secondary N) is 1. The molecule has 0 aliphatic rings. The molecule has 0 fully saturated rings. The summed E-state index contributed by atoms with van der Waals surface area (Å²) in [5.74, 6) is 2.27. The highest BCUT2D eigenvalue weighted by atomic mass is 16.5. The number of aromatic nitrogens is 1. The number of anilines is 1. The Morgan fingerprint density at radius 3 is 2.44 bits per heavy atom. The first-order valence-corrected chi connectivity index (χ1v) is 5.82. The lowest BCUT2D eigenvalue weighted by molar-refractivity contribution is 0.413. The molecule has 0 bridgehead atoms. The van der Waals surface area contributed by atoms with Crippen molar-refractivity contribution in [3.05, 3.63) is 42.7 Å². The molecule has 18 heavy (non-hydrogen) atoms. The standard InChI is InChI=1S/C14H16N2O2/c1-3-16-11-8-14(10-15-9-11)18-13-6-4-12(17-2)5-7-13/h4-10,16H,3H2,1-2H3. The number of methoxy groups -OCH3 is 1. The molecule has 1 heterocycles. The quantitative estimate of drug-likeness (QED) is 0.876. The van der Waals surface area contributed by atoms with Crippen molar-refractivity contribution >= 4 is 5.69 Å². The maximum Gasteiger partial charge on any atom is 0.147 e. The smallest absolute Gasteiger partial charge is 0.147 e. The van der Waals surface area contributed by atoms with Gasteiger partial charge in [0.15, 0.2) is 0 Å². The summed E-state index contributed by atoms with van der Waals surface area (Å²) in [5, 5.41) is 3.19. The zero-order valence-corrected chi connectivity index (χ0v) is 10.5. The van der Waals surface area contributed by atoms with E-state index in [4.69, 9.17) is 9.47 Å². The minimum Gasteiger partial charge on any atom is -0.497 e. The molecule has 0 aliphatic carbocycles. The van der Waals surface area contributed by atoms with Crippen LogP contribution in [0.25, 0.3) is 0 Å². The van der Waals surface area contributed by atoms with E-state index >= 15 is 0 Å². The van der Waals surface area contributed by atoms with Gasteiger partial charge in [0, 0.05) is 12.6 Å². The zero-order chi connectivity index (χ0) is 12.8. The third kappa shape index (κ3) is 3.13. The summed E-state index contributed by atoms with van der Waals surface area (Å²) in [5.41, 5.74) is 0.948. The van der Waals surface area contributed by atoms with Gasteiger partial charge in [0.2, 0.25) is 0 Å². The van der Waals surface area contributed by atoms with E-state index in [1.807, 2.05) is 37.3 Å². The van der Waals surface area contributed by atoms with Crippen molar-refractivity contribution in [3.63, 3.8) is 0 Å². The lowest BCUT2D eigenvalue weighted by Crippen LogP contribution is -1.97. The van der Waals surface area contributed by atoms with Gasteiger partial charge in [0.05, 0.1) is 25.2 Å². The first kappa shape index (κ1) is 12.2. The van der Waals surface area contributed by atoms with Crippen LogP contribution >= 0.6 is 0 Å². The van der Waals surface area contributed by atoms with Crippen molar-refractivity contribution in [2.75, 3.05) is 19.0 Å². The van der Waals surface area contributed by atoms with Crippen LogP contribution in [0, 0.1) is 0 Å². The van der Waals surface area contributed by atoms with Crippen molar-refractivity contribution in [2.24, 2.45) is 0 Å².